The highest BCUT2D eigenvalue weighted by atomic mass is 16.5. The molecule has 1 atom stereocenters. The van der Waals surface area contributed by atoms with E-state index in [2.05, 4.69) is 5.32 Å². The molecule has 30 heavy (non-hydrogen) atoms. The van der Waals surface area contributed by atoms with Crippen LogP contribution in [0.15, 0.2) is 48.5 Å². The van der Waals surface area contributed by atoms with Crippen molar-refractivity contribution in [2.45, 2.75) is 65.6 Å². The summed E-state index contributed by atoms with van der Waals surface area (Å²) in [6.07, 6.45) is 0.775. The van der Waals surface area contributed by atoms with E-state index >= 15 is 0 Å². The van der Waals surface area contributed by atoms with E-state index in [-0.39, 0.29) is 23.8 Å². The molecule has 2 amide bonds. The molecule has 2 aromatic rings. The second kappa shape index (κ2) is 10.3. The first kappa shape index (κ1) is 23.5. The SMILES string of the molecule is CC[C@H](C(=O)NC(C)(C)C)N(Cc1ccccc1C)C(=O)Cc1ccc(OC)cc1. The number of aryl methyl sites for hydroxylation is 1. The number of methoxy groups -OCH3 is 1. The van der Waals surface area contributed by atoms with E-state index in [1.54, 1.807) is 12.0 Å². The molecule has 0 bridgehead atoms. The van der Waals surface area contributed by atoms with Gasteiger partial charge in [0.1, 0.15) is 11.8 Å². The van der Waals surface area contributed by atoms with E-state index in [9.17, 15) is 9.59 Å². The Labute approximate surface area is 180 Å². The van der Waals surface area contributed by atoms with E-state index in [1.807, 2.05) is 83.1 Å². The van der Waals surface area contributed by atoms with Crippen LogP contribution >= 0.6 is 0 Å². The third kappa shape index (κ3) is 6.61. The molecule has 0 saturated heterocycles. The van der Waals surface area contributed by atoms with Gasteiger partial charge >= 0.3 is 0 Å². The lowest BCUT2D eigenvalue weighted by molar-refractivity contribution is -0.141. The maximum atomic E-state index is 13.4. The molecule has 5 heteroatoms. The molecule has 0 aliphatic heterocycles. The molecule has 2 rings (SSSR count). The standard InChI is InChI=1S/C25H34N2O3/c1-7-22(24(29)26-25(3,4)5)27(17-20-11-9-8-10-18(20)2)23(28)16-19-12-14-21(30-6)15-13-19/h8-15,22H,7,16-17H2,1-6H3,(H,26,29)/t22-/m1/s1. The Morgan fingerprint density at radius 3 is 2.23 bits per heavy atom. The molecule has 0 saturated carbocycles. The van der Waals surface area contributed by atoms with Gasteiger partial charge < -0.3 is 15.0 Å². The fraction of sp³-hybridized carbons (Fsp3) is 0.440. The highest BCUT2D eigenvalue weighted by molar-refractivity contribution is 5.88. The van der Waals surface area contributed by atoms with E-state index in [0.717, 1.165) is 22.4 Å². The number of carbonyl (C=O) groups excluding carboxylic acids is 2. The second-order valence-electron chi connectivity index (χ2n) is 8.64. The maximum Gasteiger partial charge on any atom is 0.243 e. The highest BCUT2D eigenvalue weighted by Crippen LogP contribution is 2.19. The van der Waals surface area contributed by atoms with Crippen molar-refractivity contribution in [1.82, 2.24) is 10.2 Å². The molecule has 0 aliphatic rings. The van der Waals surface area contributed by atoms with Gasteiger partial charge in [0.15, 0.2) is 0 Å². The molecular formula is C25H34N2O3. The number of benzene rings is 2. The van der Waals surface area contributed by atoms with Crippen LogP contribution in [0.2, 0.25) is 0 Å². The zero-order valence-corrected chi connectivity index (χ0v) is 19.0. The van der Waals surface area contributed by atoms with Gasteiger partial charge in [0.25, 0.3) is 0 Å². The maximum absolute atomic E-state index is 13.4. The van der Waals surface area contributed by atoms with Gasteiger partial charge in [-0.2, -0.15) is 0 Å². The molecule has 5 nitrogen and oxygen atoms in total. The van der Waals surface area contributed by atoms with Gasteiger partial charge in [0.2, 0.25) is 11.8 Å². The van der Waals surface area contributed by atoms with E-state index in [1.165, 1.54) is 0 Å². The average Bonchev–Trinajstić information content (AvgIpc) is 2.68. The Bertz CT molecular complexity index is 853. The summed E-state index contributed by atoms with van der Waals surface area (Å²) in [6.45, 7) is 10.2. The molecule has 0 radical (unpaired) electrons. The van der Waals surface area contributed by atoms with Crippen LogP contribution in [0.3, 0.4) is 0 Å². The predicted molar refractivity (Wildman–Crippen MR) is 120 cm³/mol. The summed E-state index contributed by atoms with van der Waals surface area (Å²) in [6, 6.07) is 14.9. The first-order chi connectivity index (χ1) is 14.1. The minimum Gasteiger partial charge on any atom is -0.497 e. The molecule has 0 aliphatic carbocycles. The molecule has 0 fully saturated rings. The van der Waals surface area contributed by atoms with Gasteiger partial charge in [-0.25, -0.2) is 0 Å². The summed E-state index contributed by atoms with van der Waals surface area (Å²) in [4.78, 5) is 28.1. The third-order valence-corrected chi connectivity index (χ3v) is 5.00. The Balaban J connectivity index is 2.31. The van der Waals surface area contributed by atoms with E-state index in [4.69, 9.17) is 4.74 Å². The fourth-order valence-electron chi connectivity index (χ4n) is 3.36. The number of nitrogens with zero attached hydrogens (tertiary/aromatic N) is 1. The second-order valence-corrected chi connectivity index (χ2v) is 8.64. The van der Waals surface area contributed by atoms with Gasteiger partial charge in [-0.05, 0) is 62.9 Å². The zero-order valence-electron chi connectivity index (χ0n) is 19.0. The molecule has 0 unspecified atom stereocenters. The molecular weight excluding hydrogens is 376 g/mol. The Morgan fingerprint density at radius 2 is 1.70 bits per heavy atom. The highest BCUT2D eigenvalue weighted by Gasteiger charge is 2.30. The summed E-state index contributed by atoms with van der Waals surface area (Å²) in [5, 5.41) is 3.04. The molecule has 0 aromatic heterocycles. The topological polar surface area (TPSA) is 58.6 Å². The van der Waals surface area contributed by atoms with Crippen molar-refractivity contribution in [2.24, 2.45) is 0 Å². The monoisotopic (exact) mass is 410 g/mol. The van der Waals surface area contributed by atoms with Crippen molar-refractivity contribution >= 4 is 11.8 Å². The van der Waals surface area contributed by atoms with Crippen molar-refractivity contribution < 1.29 is 14.3 Å². The van der Waals surface area contributed by atoms with Gasteiger partial charge in [0.05, 0.1) is 13.5 Å². The number of rotatable bonds is 8. The van der Waals surface area contributed by atoms with Gasteiger partial charge in [-0.1, -0.05) is 43.3 Å². The molecule has 0 spiro atoms. The van der Waals surface area contributed by atoms with E-state index < -0.39 is 6.04 Å². The van der Waals surface area contributed by atoms with Crippen molar-refractivity contribution in [3.05, 3.63) is 65.2 Å². The average molecular weight is 411 g/mol. The fourth-order valence-corrected chi connectivity index (χ4v) is 3.36. The van der Waals surface area contributed by atoms with Crippen molar-refractivity contribution in [3.63, 3.8) is 0 Å². The van der Waals surface area contributed by atoms with Crippen LogP contribution in [0.25, 0.3) is 0 Å². The van der Waals surface area contributed by atoms with Crippen LogP contribution in [0.5, 0.6) is 5.75 Å². The van der Waals surface area contributed by atoms with Crippen LogP contribution in [0, 0.1) is 6.92 Å². The Kier molecular flexibility index (Phi) is 8.04. The number of nitrogens with one attached hydrogen (secondary N) is 1. The van der Waals surface area contributed by atoms with Gasteiger partial charge in [-0.3, -0.25) is 9.59 Å². The first-order valence-electron chi connectivity index (χ1n) is 10.4. The van der Waals surface area contributed by atoms with Crippen molar-refractivity contribution in [3.8, 4) is 5.75 Å². The van der Waals surface area contributed by atoms with Gasteiger partial charge in [-0.15, -0.1) is 0 Å². The predicted octanol–water partition coefficient (Wildman–Crippen LogP) is 4.27. The molecule has 2 aromatic carbocycles. The third-order valence-electron chi connectivity index (χ3n) is 5.00. The number of carbonyl (C=O) groups is 2. The molecule has 1 N–H and O–H groups in total. The Morgan fingerprint density at radius 1 is 1.07 bits per heavy atom. The number of hydrogen-bond acceptors (Lipinski definition) is 3. The summed E-state index contributed by atoms with van der Waals surface area (Å²) < 4.78 is 5.20. The number of amides is 2. The zero-order chi connectivity index (χ0) is 22.3. The summed E-state index contributed by atoms with van der Waals surface area (Å²) in [5.41, 5.74) is 2.67. The lowest BCUT2D eigenvalue weighted by Crippen LogP contribution is -2.53. The van der Waals surface area contributed by atoms with Crippen LogP contribution in [-0.4, -0.2) is 35.4 Å². The number of ether oxygens (including phenoxy) is 1. The van der Waals surface area contributed by atoms with Gasteiger partial charge in [0, 0.05) is 12.1 Å². The van der Waals surface area contributed by atoms with Crippen LogP contribution in [0.1, 0.15) is 50.8 Å². The van der Waals surface area contributed by atoms with Crippen molar-refractivity contribution in [1.29, 1.82) is 0 Å². The summed E-state index contributed by atoms with van der Waals surface area (Å²) >= 11 is 0. The number of hydrogen-bond donors (Lipinski definition) is 1. The van der Waals surface area contributed by atoms with Crippen LogP contribution in [0.4, 0.5) is 0 Å². The van der Waals surface area contributed by atoms with Crippen LogP contribution in [-0.2, 0) is 22.6 Å². The lowest BCUT2D eigenvalue weighted by atomic mass is 10.0. The summed E-state index contributed by atoms with van der Waals surface area (Å²) in [5.74, 6) is 0.556. The largest absolute Gasteiger partial charge is 0.497 e. The van der Waals surface area contributed by atoms with Crippen molar-refractivity contribution in [2.75, 3.05) is 7.11 Å². The molecule has 0 heterocycles. The summed E-state index contributed by atoms with van der Waals surface area (Å²) in [7, 11) is 1.61. The lowest BCUT2D eigenvalue weighted by Gasteiger charge is -2.33. The van der Waals surface area contributed by atoms with Crippen LogP contribution < -0.4 is 10.1 Å². The van der Waals surface area contributed by atoms with E-state index in [0.29, 0.717) is 13.0 Å². The normalized spacial score (nSPS) is 12.2. The first-order valence-corrected chi connectivity index (χ1v) is 10.4. The Hall–Kier alpha value is -2.82. The minimum absolute atomic E-state index is 0.0701. The quantitative estimate of drug-likeness (QED) is 0.707. The minimum atomic E-state index is -0.533. The smallest absolute Gasteiger partial charge is 0.243 e. The molecule has 162 valence electrons.